The highest BCUT2D eigenvalue weighted by molar-refractivity contribution is 7.08. The van der Waals surface area contributed by atoms with Gasteiger partial charge in [-0.1, -0.05) is 6.07 Å². The van der Waals surface area contributed by atoms with Crippen LogP contribution in [0.1, 0.15) is 43.9 Å². The lowest BCUT2D eigenvalue weighted by molar-refractivity contribution is -0.126. The van der Waals surface area contributed by atoms with Gasteiger partial charge < -0.3 is 14.4 Å². The molecule has 4 nitrogen and oxygen atoms in total. The van der Waals surface area contributed by atoms with Crippen molar-refractivity contribution in [3.05, 3.63) is 52.2 Å². The summed E-state index contributed by atoms with van der Waals surface area (Å²) in [6, 6.07) is 8.03. The molecular formula is C21H25NO3S. The number of carbonyl (C=O) groups excluding carboxylic acids is 1. The Morgan fingerprint density at radius 2 is 2.15 bits per heavy atom. The highest BCUT2D eigenvalue weighted by Gasteiger charge is 2.28. The number of benzene rings is 1. The van der Waals surface area contributed by atoms with Crippen molar-refractivity contribution >= 4 is 23.3 Å². The zero-order chi connectivity index (χ0) is 18.5. The number of likely N-dealkylation sites (tertiary alicyclic amines) is 1. The van der Waals surface area contributed by atoms with Gasteiger partial charge in [-0.25, -0.2) is 0 Å². The van der Waals surface area contributed by atoms with E-state index >= 15 is 0 Å². The van der Waals surface area contributed by atoms with Crippen LogP contribution in [0, 0.1) is 0 Å². The van der Waals surface area contributed by atoms with Crippen LogP contribution >= 0.6 is 11.3 Å². The molecule has 2 aromatic rings. The van der Waals surface area contributed by atoms with Crippen molar-refractivity contribution < 1.29 is 14.3 Å². The Morgan fingerprint density at radius 1 is 1.31 bits per heavy atom. The molecule has 1 fully saturated rings. The van der Waals surface area contributed by atoms with Crippen LogP contribution < -0.4 is 9.47 Å². The summed E-state index contributed by atoms with van der Waals surface area (Å²) >= 11 is 1.68. The lowest BCUT2D eigenvalue weighted by atomic mass is 10.1. The van der Waals surface area contributed by atoms with Crippen molar-refractivity contribution in [2.45, 2.75) is 38.8 Å². The number of carbonyl (C=O) groups is 1. The monoisotopic (exact) mass is 371 g/mol. The molecule has 1 atom stereocenters. The van der Waals surface area contributed by atoms with E-state index in [1.54, 1.807) is 24.5 Å². The molecule has 1 aliphatic heterocycles. The molecule has 2 heterocycles. The Morgan fingerprint density at radius 3 is 2.85 bits per heavy atom. The summed E-state index contributed by atoms with van der Waals surface area (Å²) < 4.78 is 11.1. The van der Waals surface area contributed by atoms with Crippen LogP contribution in [-0.2, 0) is 4.79 Å². The summed E-state index contributed by atoms with van der Waals surface area (Å²) in [5.41, 5.74) is 2.16. The summed E-state index contributed by atoms with van der Waals surface area (Å²) in [5, 5.41) is 4.21. The predicted octanol–water partition coefficient (Wildman–Crippen LogP) is 4.92. The first-order valence-corrected chi connectivity index (χ1v) is 9.88. The van der Waals surface area contributed by atoms with Crippen molar-refractivity contribution in [3.8, 4) is 11.5 Å². The quantitative estimate of drug-likeness (QED) is 0.677. The average Bonchev–Trinajstić information content (AvgIpc) is 3.31. The number of methoxy groups -OCH3 is 1. The number of amides is 1. The van der Waals surface area contributed by atoms with Crippen LogP contribution in [0.15, 0.2) is 41.1 Å². The van der Waals surface area contributed by atoms with Crippen LogP contribution in [-0.4, -0.2) is 30.6 Å². The molecular weight excluding hydrogens is 346 g/mol. The molecule has 0 bridgehead atoms. The van der Waals surface area contributed by atoms with E-state index < -0.39 is 0 Å². The molecule has 3 rings (SSSR count). The molecule has 1 aromatic heterocycles. The fraction of sp³-hybridized carbons (Fsp3) is 0.381. The van der Waals surface area contributed by atoms with Gasteiger partial charge in [-0.2, -0.15) is 11.3 Å². The minimum absolute atomic E-state index is 0.0557. The van der Waals surface area contributed by atoms with E-state index in [0.29, 0.717) is 11.5 Å². The summed E-state index contributed by atoms with van der Waals surface area (Å²) in [7, 11) is 1.62. The van der Waals surface area contributed by atoms with Gasteiger partial charge in [0.2, 0.25) is 5.91 Å². The van der Waals surface area contributed by atoms with E-state index in [1.165, 1.54) is 5.56 Å². The Balaban J connectivity index is 1.72. The first-order valence-electron chi connectivity index (χ1n) is 8.94. The summed E-state index contributed by atoms with van der Waals surface area (Å²) in [6.45, 7) is 4.77. The zero-order valence-corrected chi connectivity index (χ0v) is 16.3. The lowest BCUT2D eigenvalue weighted by Crippen LogP contribution is -2.28. The Hall–Kier alpha value is -2.27. The van der Waals surface area contributed by atoms with Gasteiger partial charge in [-0.05, 0) is 72.9 Å². The Labute approximate surface area is 159 Å². The fourth-order valence-corrected chi connectivity index (χ4v) is 3.95. The SMILES string of the molecule is COc1cc(C=CC(=O)N2CCCC2c2ccsc2)ccc1OC(C)C. The van der Waals surface area contributed by atoms with Crippen LogP contribution in [0.5, 0.6) is 11.5 Å². The molecule has 0 radical (unpaired) electrons. The third kappa shape index (κ3) is 4.28. The van der Waals surface area contributed by atoms with E-state index in [-0.39, 0.29) is 18.1 Å². The molecule has 1 saturated heterocycles. The van der Waals surface area contributed by atoms with Crippen molar-refractivity contribution in [2.24, 2.45) is 0 Å². The molecule has 26 heavy (non-hydrogen) atoms. The zero-order valence-electron chi connectivity index (χ0n) is 15.5. The van der Waals surface area contributed by atoms with Gasteiger partial charge in [0.25, 0.3) is 0 Å². The number of ether oxygens (including phenoxy) is 2. The molecule has 0 spiro atoms. The third-order valence-corrected chi connectivity index (χ3v) is 5.13. The molecule has 0 saturated carbocycles. The van der Waals surface area contributed by atoms with Crippen LogP contribution in [0.3, 0.4) is 0 Å². The van der Waals surface area contributed by atoms with Crippen molar-refractivity contribution in [1.29, 1.82) is 0 Å². The van der Waals surface area contributed by atoms with Gasteiger partial charge in [0.1, 0.15) is 0 Å². The van der Waals surface area contributed by atoms with Gasteiger partial charge in [0, 0.05) is 12.6 Å². The van der Waals surface area contributed by atoms with Gasteiger partial charge in [-0.15, -0.1) is 0 Å². The summed E-state index contributed by atoms with van der Waals surface area (Å²) in [5.74, 6) is 1.44. The minimum Gasteiger partial charge on any atom is -0.493 e. The van der Waals surface area contributed by atoms with Crippen LogP contribution in [0.4, 0.5) is 0 Å². The Bertz CT molecular complexity index is 768. The van der Waals surface area contributed by atoms with Crippen molar-refractivity contribution in [1.82, 2.24) is 4.90 Å². The van der Waals surface area contributed by atoms with E-state index in [1.807, 2.05) is 43.0 Å². The van der Waals surface area contributed by atoms with Gasteiger partial charge >= 0.3 is 0 Å². The second-order valence-corrected chi connectivity index (χ2v) is 7.44. The Kier molecular flexibility index (Phi) is 5.99. The fourth-order valence-electron chi connectivity index (χ4n) is 3.24. The third-order valence-electron chi connectivity index (χ3n) is 4.43. The number of hydrogen-bond acceptors (Lipinski definition) is 4. The average molecular weight is 372 g/mol. The minimum atomic E-state index is 0.0557. The van der Waals surface area contributed by atoms with Gasteiger partial charge in [0.05, 0.1) is 19.3 Å². The number of hydrogen-bond donors (Lipinski definition) is 0. The lowest BCUT2D eigenvalue weighted by Gasteiger charge is -2.22. The molecule has 0 N–H and O–H groups in total. The summed E-state index contributed by atoms with van der Waals surface area (Å²) in [4.78, 5) is 14.6. The van der Waals surface area contributed by atoms with Crippen LogP contribution in [0.25, 0.3) is 6.08 Å². The second kappa shape index (κ2) is 8.41. The smallest absolute Gasteiger partial charge is 0.247 e. The molecule has 1 aliphatic rings. The standard InChI is InChI=1S/C21H25NO3S/c1-15(2)25-19-8-6-16(13-20(19)24-3)7-9-21(23)22-11-4-5-18(22)17-10-12-26-14-17/h6-10,12-15,18H,4-5,11H2,1-3H3. The maximum atomic E-state index is 12.7. The highest BCUT2D eigenvalue weighted by atomic mass is 32.1. The van der Waals surface area contributed by atoms with E-state index in [9.17, 15) is 4.79 Å². The first kappa shape index (κ1) is 18.5. The van der Waals surface area contributed by atoms with E-state index in [4.69, 9.17) is 9.47 Å². The molecule has 1 unspecified atom stereocenters. The molecule has 0 aliphatic carbocycles. The topological polar surface area (TPSA) is 38.8 Å². The van der Waals surface area contributed by atoms with Crippen LogP contribution in [0.2, 0.25) is 0 Å². The molecule has 1 amide bonds. The maximum Gasteiger partial charge on any atom is 0.247 e. The van der Waals surface area contributed by atoms with Gasteiger partial charge in [-0.3, -0.25) is 4.79 Å². The first-order chi connectivity index (χ1) is 12.6. The molecule has 5 heteroatoms. The van der Waals surface area contributed by atoms with Crippen molar-refractivity contribution in [3.63, 3.8) is 0 Å². The predicted molar refractivity (Wildman–Crippen MR) is 106 cm³/mol. The van der Waals surface area contributed by atoms with Gasteiger partial charge in [0.15, 0.2) is 11.5 Å². The maximum absolute atomic E-state index is 12.7. The second-order valence-electron chi connectivity index (χ2n) is 6.66. The number of thiophene rings is 1. The van der Waals surface area contributed by atoms with E-state index in [0.717, 1.165) is 24.9 Å². The van der Waals surface area contributed by atoms with E-state index in [2.05, 4.69) is 16.8 Å². The highest BCUT2D eigenvalue weighted by Crippen LogP contribution is 2.33. The normalized spacial score (nSPS) is 17.2. The largest absolute Gasteiger partial charge is 0.493 e. The number of rotatable bonds is 6. The van der Waals surface area contributed by atoms with Crippen molar-refractivity contribution in [2.75, 3.05) is 13.7 Å². The number of nitrogens with zero attached hydrogens (tertiary/aromatic N) is 1. The summed E-state index contributed by atoms with van der Waals surface area (Å²) in [6.07, 6.45) is 5.66. The molecule has 138 valence electrons. The molecule has 1 aromatic carbocycles.